The summed E-state index contributed by atoms with van der Waals surface area (Å²) < 4.78 is 1.03. The highest BCUT2D eigenvalue weighted by Gasteiger charge is 2.24. The predicted molar refractivity (Wildman–Crippen MR) is 86.5 cm³/mol. The number of rotatable bonds is 2. The van der Waals surface area contributed by atoms with Crippen LogP contribution in [0, 0.1) is 0 Å². The number of aromatic nitrogens is 1. The molecule has 2 N–H and O–H groups in total. The summed E-state index contributed by atoms with van der Waals surface area (Å²) in [4.78, 5) is 4.40. The van der Waals surface area contributed by atoms with Crippen molar-refractivity contribution >= 4 is 26.8 Å². The standard InChI is InChI=1S/C17H15BrN2/c1-17(19,13-5-2-6-15(18)10-13)14-8-7-12-4-3-9-20-16(12)11-14/h2-11H,19H2,1H3. The maximum absolute atomic E-state index is 6.57. The van der Waals surface area contributed by atoms with E-state index in [-0.39, 0.29) is 0 Å². The van der Waals surface area contributed by atoms with Gasteiger partial charge in [-0.05, 0) is 42.3 Å². The Morgan fingerprint density at radius 3 is 2.60 bits per heavy atom. The number of hydrogen-bond donors (Lipinski definition) is 1. The summed E-state index contributed by atoms with van der Waals surface area (Å²) >= 11 is 3.50. The first kappa shape index (κ1) is 13.3. The van der Waals surface area contributed by atoms with Crippen LogP contribution in [0.5, 0.6) is 0 Å². The van der Waals surface area contributed by atoms with E-state index in [4.69, 9.17) is 5.73 Å². The van der Waals surface area contributed by atoms with Crippen LogP contribution in [0.15, 0.2) is 65.3 Å². The van der Waals surface area contributed by atoms with Crippen molar-refractivity contribution in [1.29, 1.82) is 0 Å². The van der Waals surface area contributed by atoms with Crippen LogP contribution in [0.3, 0.4) is 0 Å². The summed E-state index contributed by atoms with van der Waals surface area (Å²) in [7, 11) is 0. The molecule has 3 aromatic rings. The van der Waals surface area contributed by atoms with Crippen LogP contribution in [0.25, 0.3) is 10.9 Å². The Balaban J connectivity index is 2.13. The van der Waals surface area contributed by atoms with Crippen molar-refractivity contribution in [2.24, 2.45) is 5.73 Å². The maximum Gasteiger partial charge on any atom is 0.0705 e. The van der Waals surface area contributed by atoms with Crippen LogP contribution in [-0.4, -0.2) is 4.98 Å². The summed E-state index contributed by atoms with van der Waals surface area (Å²) in [6.07, 6.45) is 1.80. The molecule has 3 heteroatoms. The van der Waals surface area contributed by atoms with Gasteiger partial charge in [0.2, 0.25) is 0 Å². The van der Waals surface area contributed by atoms with Gasteiger partial charge in [-0.25, -0.2) is 0 Å². The highest BCUT2D eigenvalue weighted by Crippen LogP contribution is 2.29. The molecule has 0 aliphatic heterocycles. The van der Waals surface area contributed by atoms with E-state index in [1.807, 2.05) is 31.2 Å². The smallest absolute Gasteiger partial charge is 0.0705 e. The molecule has 0 radical (unpaired) electrons. The number of hydrogen-bond acceptors (Lipinski definition) is 2. The van der Waals surface area contributed by atoms with Gasteiger partial charge in [-0.3, -0.25) is 4.98 Å². The Morgan fingerprint density at radius 2 is 1.80 bits per heavy atom. The molecular formula is C17H15BrN2. The SMILES string of the molecule is CC(N)(c1cccc(Br)c1)c1ccc2cccnc2c1. The fraction of sp³-hybridized carbons (Fsp3) is 0.118. The quantitative estimate of drug-likeness (QED) is 0.765. The van der Waals surface area contributed by atoms with Crippen molar-refractivity contribution in [3.05, 3.63) is 76.4 Å². The largest absolute Gasteiger partial charge is 0.318 e. The first-order chi connectivity index (χ1) is 9.57. The van der Waals surface area contributed by atoms with Gasteiger partial charge in [0.1, 0.15) is 0 Å². The van der Waals surface area contributed by atoms with Crippen molar-refractivity contribution in [1.82, 2.24) is 4.98 Å². The molecular weight excluding hydrogens is 312 g/mol. The molecule has 1 atom stereocenters. The van der Waals surface area contributed by atoms with Gasteiger partial charge in [0.15, 0.2) is 0 Å². The molecule has 1 unspecified atom stereocenters. The Kier molecular flexibility index (Phi) is 3.32. The average Bonchev–Trinajstić information content (AvgIpc) is 2.46. The molecule has 100 valence electrons. The van der Waals surface area contributed by atoms with E-state index in [1.165, 1.54) is 0 Å². The van der Waals surface area contributed by atoms with Crippen LogP contribution in [0.1, 0.15) is 18.1 Å². The van der Waals surface area contributed by atoms with Crippen molar-refractivity contribution in [3.63, 3.8) is 0 Å². The Hall–Kier alpha value is -1.71. The normalized spacial score (nSPS) is 14.2. The molecule has 0 spiro atoms. The summed E-state index contributed by atoms with van der Waals surface area (Å²) in [5, 5.41) is 1.13. The third-order valence-corrected chi connectivity index (χ3v) is 4.12. The molecule has 0 fully saturated rings. The van der Waals surface area contributed by atoms with Gasteiger partial charge in [0.05, 0.1) is 11.1 Å². The minimum Gasteiger partial charge on any atom is -0.318 e. The number of halogens is 1. The van der Waals surface area contributed by atoms with Gasteiger partial charge >= 0.3 is 0 Å². The second kappa shape index (κ2) is 5.00. The van der Waals surface area contributed by atoms with Gasteiger partial charge < -0.3 is 5.73 Å². The minimum absolute atomic E-state index is 0.546. The number of nitrogens with two attached hydrogens (primary N) is 1. The summed E-state index contributed by atoms with van der Waals surface area (Å²) in [6, 6.07) is 18.3. The van der Waals surface area contributed by atoms with E-state index in [0.717, 1.165) is 26.5 Å². The van der Waals surface area contributed by atoms with Crippen LogP contribution < -0.4 is 5.73 Å². The maximum atomic E-state index is 6.57. The lowest BCUT2D eigenvalue weighted by Gasteiger charge is -2.26. The molecule has 0 amide bonds. The van der Waals surface area contributed by atoms with Gasteiger partial charge in [-0.2, -0.15) is 0 Å². The van der Waals surface area contributed by atoms with E-state index in [2.05, 4.69) is 51.2 Å². The fourth-order valence-corrected chi connectivity index (χ4v) is 2.77. The van der Waals surface area contributed by atoms with E-state index >= 15 is 0 Å². The number of fused-ring (bicyclic) bond motifs is 1. The molecule has 0 saturated heterocycles. The van der Waals surface area contributed by atoms with Gasteiger partial charge in [-0.15, -0.1) is 0 Å². The Labute approximate surface area is 126 Å². The zero-order valence-electron chi connectivity index (χ0n) is 11.2. The summed E-state index contributed by atoms with van der Waals surface area (Å²) in [5.74, 6) is 0. The third-order valence-electron chi connectivity index (χ3n) is 3.63. The van der Waals surface area contributed by atoms with Crippen molar-refractivity contribution in [3.8, 4) is 0 Å². The zero-order valence-corrected chi connectivity index (χ0v) is 12.8. The number of pyridine rings is 1. The predicted octanol–water partition coefficient (Wildman–Crippen LogP) is 4.22. The second-order valence-electron chi connectivity index (χ2n) is 5.12. The lowest BCUT2D eigenvalue weighted by atomic mass is 9.85. The molecule has 2 nitrogen and oxygen atoms in total. The first-order valence-corrected chi connectivity index (χ1v) is 7.27. The second-order valence-corrected chi connectivity index (χ2v) is 6.04. The Morgan fingerprint density at radius 1 is 1.00 bits per heavy atom. The van der Waals surface area contributed by atoms with Crippen LogP contribution in [0.2, 0.25) is 0 Å². The lowest BCUT2D eigenvalue weighted by Crippen LogP contribution is -2.34. The van der Waals surface area contributed by atoms with Crippen molar-refractivity contribution in [2.45, 2.75) is 12.5 Å². The van der Waals surface area contributed by atoms with E-state index in [0.29, 0.717) is 0 Å². The first-order valence-electron chi connectivity index (χ1n) is 6.47. The van der Waals surface area contributed by atoms with Gasteiger partial charge in [0, 0.05) is 16.1 Å². The van der Waals surface area contributed by atoms with E-state index < -0.39 is 5.54 Å². The molecule has 1 heterocycles. The van der Waals surface area contributed by atoms with Crippen LogP contribution >= 0.6 is 15.9 Å². The molecule has 0 aliphatic rings. The molecule has 0 aliphatic carbocycles. The molecule has 0 saturated carbocycles. The highest BCUT2D eigenvalue weighted by atomic mass is 79.9. The molecule has 0 bridgehead atoms. The fourth-order valence-electron chi connectivity index (χ4n) is 2.37. The average molecular weight is 327 g/mol. The van der Waals surface area contributed by atoms with Crippen molar-refractivity contribution < 1.29 is 0 Å². The monoisotopic (exact) mass is 326 g/mol. The number of benzene rings is 2. The molecule has 3 rings (SSSR count). The molecule has 2 aromatic carbocycles. The topological polar surface area (TPSA) is 38.9 Å². The lowest BCUT2D eigenvalue weighted by molar-refractivity contribution is 0.603. The highest BCUT2D eigenvalue weighted by molar-refractivity contribution is 9.10. The molecule has 20 heavy (non-hydrogen) atoms. The number of nitrogens with zero attached hydrogens (tertiary/aromatic N) is 1. The minimum atomic E-state index is -0.546. The van der Waals surface area contributed by atoms with E-state index in [1.54, 1.807) is 6.20 Å². The van der Waals surface area contributed by atoms with Crippen molar-refractivity contribution in [2.75, 3.05) is 0 Å². The van der Waals surface area contributed by atoms with Crippen LogP contribution in [-0.2, 0) is 5.54 Å². The zero-order chi connectivity index (χ0) is 14.2. The van der Waals surface area contributed by atoms with Crippen LogP contribution in [0.4, 0.5) is 0 Å². The van der Waals surface area contributed by atoms with Gasteiger partial charge in [0.25, 0.3) is 0 Å². The van der Waals surface area contributed by atoms with Gasteiger partial charge in [-0.1, -0.05) is 46.3 Å². The third kappa shape index (κ3) is 2.35. The summed E-state index contributed by atoms with van der Waals surface area (Å²) in [6.45, 7) is 2.03. The van der Waals surface area contributed by atoms with E-state index in [9.17, 15) is 0 Å². The molecule has 1 aromatic heterocycles. The Bertz CT molecular complexity index is 766. The summed E-state index contributed by atoms with van der Waals surface area (Å²) in [5.41, 5.74) is 9.12.